The highest BCUT2D eigenvalue weighted by molar-refractivity contribution is 5.85. The minimum atomic E-state index is -1.11. The minimum Gasteiger partial charge on any atom is -0.508 e. The third kappa shape index (κ3) is 3.59. The third-order valence-corrected chi connectivity index (χ3v) is 6.10. The van der Waals surface area contributed by atoms with Gasteiger partial charge in [-0.3, -0.25) is 5.32 Å². The van der Waals surface area contributed by atoms with Crippen molar-refractivity contribution in [1.82, 2.24) is 20.3 Å². The van der Waals surface area contributed by atoms with Crippen molar-refractivity contribution in [2.24, 2.45) is 0 Å². The summed E-state index contributed by atoms with van der Waals surface area (Å²) >= 11 is 0. The van der Waals surface area contributed by atoms with Crippen molar-refractivity contribution >= 4 is 22.5 Å². The molecule has 0 bridgehead atoms. The zero-order valence-electron chi connectivity index (χ0n) is 16.8. The second-order valence-corrected chi connectivity index (χ2v) is 8.07. The maximum absolute atomic E-state index is 14.1. The average Bonchev–Trinajstić information content (AvgIpc) is 3.29. The van der Waals surface area contributed by atoms with Gasteiger partial charge in [0.05, 0.1) is 17.7 Å². The molecule has 0 spiro atoms. The van der Waals surface area contributed by atoms with Gasteiger partial charge in [0.2, 0.25) is 5.95 Å². The normalized spacial score (nSPS) is 20.6. The Morgan fingerprint density at radius 3 is 2.67 bits per heavy atom. The van der Waals surface area contributed by atoms with E-state index in [1.165, 1.54) is 12.8 Å². The van der Waals surface area contributed by atoms with Crippen molar-refractivity contribution in [3.63, 3.8) is 0 Å². The van der Waals surface area contributed by atoms with Crippen LogP contribution >= 0.6 is 0 Å². The van der Waals surface area contributed by atoms with Gasteiger partial charge < -0.3 is 5.11 Å². The van der Waals surface area contributed by atoms with E-state index in [4.69, 9.17) is 4.98 Å². The third-order valence-electron chi connectivity index (χ3n) is 6.10. The Bertz CT molecular complexity index is 1020. The number of fused-ring (bicyclic) bond motifs is 1. The monoisotopic (exact) mass is 407 g/mol. The number of aromatic hydroxyl groups is 1. The van der Waals surface area contributed by atoms with Gasteiger partial charge in [0.1, 0.15) is 5.75 Å². The molecule has 1 aliphatic carbocycles. The number of hydrogen-bond donors (Lipinski definition) is 2. The van der Waals surface area contributed by atoms with Crippen molar-refractivity contribution in [3.8, 4) is 5.75 Å². The first-order chi connectivity index (χ1) is 14.7. The topological polar surface area (TPSA) is 64.5 Å². The Morgan fingerprint density at radius 1 is 1.10 bits per heavy atom. The molecule has 2 heterocycles. The summed E-state index contributed by atoms with van der Waals surface area (Å²) in [6.07, 6.45) is 5.18. The minimum absolute atomic E-state index is 0.214. The number of alkyl halides is 1. The molecule has 156 valence electrons. The SMILES string of the molecule is Oc1ccc2cnc(N(c3ccccc3)N3CCNC(F)C3)nc2c1C1CCCC1. The van der Waals surface area contributed by atoms with E-state index in [2.05, 4.69) is 10.3 Å². The van der Waals surface area contributed by atoms with Gasteiger partial charge in [0.15, 0.2) is 6.30 Å². The number of nitrogens with zero attached hydrogens (tertiary/aromatic N) is 4. The van der Waals surface area contributed by atoms with Crippen molar-refractivity contribution in [1.29, 1.82) is 0 Å². The van der Waals surface area contributed by atoms with E-state index in [0.29, 0.717) is 30.7 Å². The van der Waals surface area contributed by atoms with Crippen LogP contribution in [0, 0.1) is 0 Å². The second kappa shape index (κ2) is 8.16. The van der Waals surface area contributed by atoms with E-state index >= 15 is 0 Å². The number of phenolic OH excluding ortho intramolecular Hbond substituents is 1. The van der Waals surface area contributed by atoms with Gasteiger partial charge in [0, 0.05) is 30.2 Å². The molecule has 6 nitrogen and oxygen atoms in total. The van der Waals surface area contributed by atoms with Crippen LogP contribution in [0.4, 0.5) is 16.0 Å². The van der Waals surface area contributed by atoms with Gasteiger partial charge >= 0.3 is 0 Å². The van der Waals surface area contributed by atoms with Gasteiger partial charge in [-0.1, -0.05) is 31.0 Å². The number of hydrogen-bond acceptors (Lipinski definition) is 6. The highest BCUT2D eigenvalue weighted by Crippen LogP contribution is 2.42. The van der Waals surface area contributed by atoms with Crippen LogP contribution in [0.1, 0.15) is 37.2 Å². The van der Waals surface area contributed by atoms with Crippen LogP contribution < -0.4 is 10.3 Å². The number of piperazine rings is 1. The van der Waals surface area contributed by atoms with Crippen molar-refractivity contribution in [3.05, 3.63) is 54.2 Å². The van der Waals surface area contributed by atoms with Gasteiger partial charge in [-0.2, -0.15) is 0 Å². The summed E-state index contributed by atoms with van der Waals surface area (Å²) in [7, 11) is 0. The maximum Gasteiger partial charge on any atom is 0.245 e. The summed E-state index contributed by atoms with van der Waals surface area (Å²) in [5.41, 5.74) is 2.60. The van der Waals surface area contributed by atoms with E-state index in [1.54, 1.807) is 12.3 Å². The predicted octanol–water partition coefficient (Wildman–Crippen LogP) is 4.25. The molecule has 2 aromatic carbocycles. The van der Waals surface area contributed by atoms with Crippen LogP contribution in [0.5, 0.6) is 5.75 Å². The quantitative estimate of drug-likeness (QED) is 0.631. The average molecular weight is 407 g/mol. The number of nitrogens with one attached hydrogen (secondary N) is 1. The molecule has 0 amide bonds. The molecule has 1 aromatic heterocycles. The largest absolute Gasteiger partial charge is 0.508 e. The molecule has 1 atom stereocenters. The van der Waals surface area contributed by atoms with Crippen LogP contribution in [0.3, 0.4) is 0 Å². The Labute approximate surface area is 175 Å². The lowest BCUT2D eigenvalue weighted by atomic mass is 9.94. The predicted molar refractivity (Wildman–Crippen MR) is 115 cm³/mol. The number of benzene rings is 2. The van der Waals surface area contributed by atoms with Gasteiger partial charge in [-0.05, 0) is 43.0 Å². The van der Waals surface area contributed by atoms with Gasteiger partial charge in [-0.25, -0.2) is 24.4 Å². The maximum atomic E-state index is 14.1. The van der Waals surface area contributed by atoms with Gasteiger partial charge in [-0.15, -0.1) is 0 Å². The van der Waals surface area contributed by atoms with Crippen molar-refractivity contribution in [2.75, 3.05) is 24.6 Å². The summed E-state index contributed by atoms with van der Waals surface area (Å²) in [5, 5.41) is 18.3. The number of para-hydroxylation sites is 1. The van der Waals surface area contributed by atoms with Crippen LogP contribution in [0.15, 0.2) is 48.7 Å². The van der Waals surface area contributed by atoms with E-state index in [9.17, 15) is 9.50 Å². The number of rotatable bonds is 4. The number of aromatic nitrogens is 2. The second-order valence-electron chi connectivity index (χ2n) is 8.07. The van der Waals surface area contributed by atoms with Crippen LogP contribution in [0.25, 0.3) is 10.9 Å². The molecule has 5 rings (SSSR count). The Morgan fingerprint density at radius 2 is 1.90 bits per heavy atom. The van der Waals surface area contributed by atoms with E-state index in [-0.39, 0.29) is 6.54 Å². The van der Waals surface area contributed by atoms with Crippen molar-refractivity contribution in [2.45, 2.75) is 37.9 Å². The fourth-order valence-corrected chi connectivity index (χ4v) is 4.67. The Kier molecular flexibility index (Phi) is 5.23. The lowest BCUT2D eigenvalue weighted by Gasteiger charge is -2.38. The molecular weight excluding hydrogens is 381 g/mol. The Hall–Kier alpha value is -2.77. The van der Waals surface area contributed by atoms with Crippen molar-refractivity contribution < 1.29 is 9.50 Å². The first kappa shape index (κ1) is 19.2. The lowest BCUT2D eigenvalue weighted by Crippen LogP contribution is -2.54. The van der Waals surface area contributed by atoms with Crippen LogP contribution in [-0.4, -0.2) is 46.0 Å². The van der Waals surface area contributed by atoms with Gasteiger partial charge in [0.25, 0.3) is 0 Å². The van der Waals surface area contributed by atoms with Crippen LogP contribution in [0.2, 0.25) is 0 Å². The molecule has 3 aromatic rings. The molecule has 1 saturated heterocycles. The van der Waals surface area contributed by atoms with E-state index in [0.717, 1.165) is 35.0 Å². The summed E-state index contributed by atoms with van der Waals surface area (Å²) in [4.78, 5) is 9.56. The number of halogens is 1. The summed E-state index contributed by atoms with van der Waals surface area (Å²) in [6.45, 7) is 1.41. The standard InChI is InChI=1S/C23H26FN5O/c24-20-15-28(13-12-25-20)29(18-8-2-1-3-9-18)23-26-14-17-10-11-19(30)21(22(17)27-23)16-6-4-5-7-16/h1-3,8-11,14,16,20,25,30H,4-7,12-13,15H2. The molecule has 2 aliphatic rings. The lowest BCUT2D eigenvalue weighted by molar-refractivity contribution is 0.124. The molecule has 1 saturated carbocycles. The highest BCUT2D eigenvalue weighted by atomic mass is 19.1. The highest BCUT2D eigenvalue weighted by Gasteiger charge is 2.28. The molecule has 1 unspecified atom stereocenters. The number of hydrazine groups is 1. The molecule has 2 fully saturated rings. The fraction of sp³-hybridized carbons (Fsp3) is 0.391. The molecular formula is C23H26FN5O. The number of phenols is 1. The smallest absolute Gasteiger partial charge is 0.245 e. The molecule has 7 heteroatoms. The summed E-state index contributed by atoms with van der Waals surface area (Å²) in [5.74, 6) is 1.11. The van der Waals surface area contributed by atoms with E-state index in [1.807, 2.05) is 46.4 Å². The zero-order valence-corrected chi connectivity index (χ0v) is 16.8. The van der Waals surface area contributed by atoms with E-state index < -0.39 is 6.30 Å². The molecule has 30 heavy (non-hydrogen) atoms. The first-order valence-corrected chi connectivity index (χ1v) is 10.7. The fourth-order valence-electron chi connectivity index (χ4n) is 4.67. The molecule has 1 aliphatic heterocycles. The molecule has 0 radical (unpaired) electrons. The summed E-state index contributed by atoms with van der Waals surface area (Å²) in [6, 6.07) is 13.4. The number of anilines is 2. The molecule has 2 N–H and O–H groups in total. The first-order valence-electron chi connectivity index (χ1n) is 10.7. The Balaban J connectivity index is 1.63. The summed E-state index contributed by atoms with van der Waals surface area (Å²) < 4.78 is 14.1. The zero-order chi connectivity index (χ0) is 20.5. The van der Waals surface area contributed by atoms with Crippen LogP contribution in [-0.2, 0) is 0 Å².